The monoisotopic (exact) mass is 390 g/mol. The molecule has 7 heteroatoms. The molecular formula is C22H26N6O. The summed E-state index contributed by atoms with van der Waals surface area (Å²) < 4.78 is 1.86. The summed E-state index contributed by atoms with van der Waals surface area (Å²) >= 11 is 0. The molecule has 0 atom stereocenters. The second-order valence-electron chi connectivity index (χ2n) is 8.23. The molecule has 7 nitrogen and oxygen atoms in total. The number of aromatic nitrogens is 3. The van der Waals surface area contributed by atoms with Crippen LogP contribution in [0.5, 0.6) is 0 Å². The van der Waals surface area contributed by atoms with Crippen molar-refractivity contribution in [3.8, 4) is 11.3 Å². The summed E-state index contributed by atoms with van der Waals surface area (Å²) in [5, 5.41) is 11.3. The van der Waals surface area contributed by atoms with Crippen LogP contribution in [0.15, 0.2) is 42.6 Å². The van der Waals surface area contributed by atoms with Crippen LogP contribution in [0.3, 0.4) is 0 Å². The van der Waals surface area contributed by atoms with Crippen molar-refractivity contribution < 1.29 is 4.79 Å². The normalized spacial score (nSPS) is 21.8. The number of nitrogens with one attached hydrogen (secondary N) is 2. The fourth-order valence-electron chi connectivity index (χ4n) is 3.97. The first-order valence-corrected chi connectivity index (χ1v) is 10.4. The molecule has 0 saturated heterocycles. The van der Waals surface area contributed by atoms with Crippen molar-refractivity contribution in [2.75, 3.05) is 10.6 Å². The van der Waals surface area contributed by atoms with Crippen LogP contribution in [0.4, 0.5) is 11.5 Å². The Labute approximate surface area is 169 Å². The molecule has 0 unspecified atom stereocenters. The molecule has 5 rings (SSSR count). The number of nitrogens with two attached hydrogens (primary N) is 1. The predicted molar refractivity (Wildman–Crippen MR) is 114 cm³/mol. The number of anilines is 2. The third-order valence-corrected chi connectivity index (χ3v) is 5.86. The van der Waals surface area contributed by atoms with Crippen LogP contribution >= 0.6 is 0 Å². The Balaban J connectivity index is 1.39. The minimum absolute atomic E-state index is 0.108. The number of nitrogens with zero attached hydrogens (tertiary/aromatic N) is 3. The molecule has 0 bridgehead atoms. The molecule has 2 aromatic heterocycles. The van der Waals surface area contributed by atoms with E-state index in [0.717, 1.165) is 66.9 Å². The number of amides is 1. The summed E-state index contributed by atoms with van der Waals surface area (Å²) in [6, 6.07) is 12.6. The van der Waals surface area contributed by atoms with Gasteiger partial charge in [0.25, 0.3) is 0 Å². The Morgan fingerprint density at radius 3 is 2.69 bits per heavy atom. The first-order valence-electron chi connectivity index (χ1n) is 10.4. The number of hydrogen-bond donors (Lipinski definition) is 3. The second-order valence-corrected chi connectivity index (χ2v) is 8.23. The van der Waals surface area contributed by atoms with Crippen molar-refractivity contribution in [2.24, 2.45) is 11.7 Å². The van der Waals surface area contributed by atoms with E-state index < -0.39 is 0 Å². The highest BCUT2D eigenvalue weighted by Gasteiger charge is 2.29. The number of benzene rings is 1. The van der Waals surface area contributed by atoms with E-state index in [9.17, 15) is 4.79 Å². The average Bonchev–Trinajstić information content (AvgIpc) is 3.50. The van der Waals surface area contributed by atoms with Gasteiger partial charge in [-0.05, 0) is 62.8 Å². The zero-order chi connectivity index (χ0) is 19.8. The molecule has 1 amide bonds. The summed E-state index contributed by atoms with van der Waals surface area (Å²) in [6.07, 6.45) is 8.05. The van der Waals surface area contributed by atoms with E-state index in [2.05, 4.69) is 15.6 Å². The lowest BCUT2D eigenvalue weighted by Crippen LogP contribution is -2.33. The average molecular weight is 390 g/mol. The quantitative estimate of drug-likeness (QED) is 0.620. The van der Waals surface area contributed by atoms with Gasteiger partial charge in [-0.3, -0.25) is 4.79 Å². The summed E-state index contributed by atoms with van der Waals surface area (Å²) in [5.41, 5.74) is 9.49. The van der Waals surface area contributed by atoms with Gasteiger partial charge in [0.05, 0.1) is 11.9 Å². The molecule has 150 valence electrons. The van der Waals surface area contributed by atoms with Crippen molar-refractivity contribution in [3.05, 3.63) is 42.6 Å². The summed E-state index contributed by atoms with van der Waals surface area (Å²) in [4.78, 5) is 16.6. The van der Waals surface area contributed by atoms with Crippen molar-refractivity contribution >= 4 is 23.1 Å². The minimum Gasteiger partial charge on any atom is -0.366 e. The molecule has 2 aliphatic rings. The van der Waals surface area contributed by atoms with Crippen molar-refractivity contribution in [3.63, 3.8) is 0 Å². The van der Waals surface area contributed by atoms with Crippen molar-refractivity contribution in [1.82, 2.24) is 14.6 Å². The van der Waals surface area contributed by atoms with E-state index in [0.29, 0.717) is 12.1 Å². The Bertz CT molecular complexity index is 1030. The lowest BCUT2D eigenvalue weighted by molar-refractivity contribution is -0.117. The number of carbonyl (C=O) groups excluding carboxylic acids is 1. The highest BCUT2D eigenvalue weighted by molar-refractivity contribution is 5.94. The fourth-order valence-corrected chi connectivity index (χ4v) is 3.97. The minimum atomic E-state index is 0.108. The molecule has 2 saturated carbocycles. The van der Waals surface area contributed by atoms with Gasteiger partial charge in [0, 0.05) is 29.3 Å². The van der Waals surface area contributed by atoms with Crippen molar-refractivity contribution in [2.45, 2.75) is 50.6 Å². The van der Waals surface area contributed by atoms with Gasteiger partial charge in [0.15, 0.2) is 5.65 Å². The van der Waals surface area contributed by atoms with Crippen LogP contribution in [-0.4, -0.2) is 32.6 Å². The van der Waals surface area contributed by atoms with E-state index in [4.69, 9.17) is 10.8 Å². The summed E-state index contributed by atoms with van der Waals surface area (Å²) in [6.45, 7) is 0. The third kappa shape index (κ3) is 3.96. The lowest BCUT2D eigenvalue weighted by atomic mass is 9.92. The number of imidazole rings is 1. The highest BCUT2D eigenvalue weighted by Crippen LogP contribution is 2.31. The molecule has 4 N–H and O–H groups in total. The maximum atomic E-state index is 12.1. The fraction of sp³-hybridized carbons (Fsp3) is 0.409. The molecule has 2 fully saturated rings. The summed E-state index contributed by atoms with van der Waals surface area (Å²) in [5.74, 6) is 1.13. The van der Waals surface area contributed by atoms with Crippen molar-refractivity contribution in [1.29, 1.82) is 0 Å². The van der Waals surface area contributed by atoms with Crippen LogP contribution in [0.2, 0.25) is 0 Å². The largest absolute Gasteiger partial charge is 0.366 e. The van der Waals surface area contributed by atoms with Gasteiger partial charge < -0.3 is 16.4 Å². The molecule has 3 aromatic rings. The third-order valence-electron chi connectivity index (χ3n) is 5.86. The topological polar surface area (TPSA) is 97.3 Å². The molecule has 2 aliphatic carbocycles. The van der Waals surface area contributed by atoms with Gasteiger partial charge in [0.2, 0.25) is 5.91 Å². The van der Waals surface area contributed by atoms with Crippen LogP contribution in [0.25, 0.3) is 16.9 Å². The SMILES string of the molecule is N[C@H]1CC[C@H](Nc2ccc3ncc(-c4cccc(NC(=O)C5CC5)c4)n3n2)CC1. The molecule has 29 heavy (non-hydrogen) atoms. The maximum Gasteiger partial charge on any atom is 0.227 e. The molecular weight excluding hydrogens is 364 g/mol. The first-order chi connectivity index (χ1) is 14.2. The number of hydrogen-bond acceptors (Lipinski definition) is 5. The number of rotatable bonds is 5. The standard InChI is InChI=1S/C22H26N6O/c23-16-6-8-17(9-7-16)25-20-10-11-21-24-13-19(28(21)27-20)15-2-1-3-18(12-15)26-22(29)14-4-5-14/h1-3,10-14,16-17H,4-9,23H2,(H,25,27)(H,26,29)/t16-,17-. The maximum absolute atomic E-state index is 12.1. The Morgan fingerprint density at radius 2 is 1.90 bits per heavy atom. The van der Waals surface area contributed by atoms with E-state index in [1.807, 2.05) is 47.1 Å². The highest BCUT2D eigenvalue weighted by atomic mass is 16.2. The zero-order valence-corrected chi connectivity index (χ0v) is 16.3. The van der Waals surface area contributed by atoms with E-state index in [1.54, 1.807) is 0 Å². The lowest BCUT2D eigenvalue weighted by Gasteiger charge is -2.27. The smallest absolute Gasteiger partial charge is 0.227 e. The van der Waals surface area contributed by atoms with Gasteiger partial charge in [-0.1, -0.05) is 12.1 Å². The van der Waals surface area contributed by atoms with Crippen LogP contribution in [-0.2, 0) is 4.79 Å². The van der Waals surface area contributed by atoms with Gasteiger partial charge >= 0.3 is 0 Å². The van der Waals surface area contributed by atoms with Crippen LogP contribution in [0.1, 0.15) is 38.5 Å². The second kappa shape index (κ2) is 7.48. The zero-order valence-electron chi connectivity index (χ0n) is 16.3. The molecule has 0 spiro atoms. The predicted octanol–water partition coefficient (Wildman–Crippen LogP) is 3.43. The Hall–Kier alpha value is -2.93. The molecule has 2 heterocycles. The number of carbonyl (C=O) groups is 1. The Kier molecular flexibility index (Phi) is 4.67. The molecule has 0 radical (unpaired) electrons. The van der Waals surface area contributed by atoms with E-state index >= 15 is 0 Å². The van der Waals surface area contributed by atoms with Crippen LogP contribution < -0.4 is 16.4 Å². The van der Waals surface area contributed by atoms with E-state index in [1.165, 1.54) is 0 Å². The van der Waals surface area contributed by atoms with Gasteiger partial charge in [0.1, 0.15) is 5.82 Å². The molecule has 0 aliphatic heterocycles. The Morgan fingerprint density at radius 1 is 1.07 bits per heavy atom. The van der Waals surface area contributed by atoms with Gasteiger partial charge in [-0.25, -0.2) is 9.50 Å². The van der Waals surface area contributed by atoms with Gasteiger partial charge in [-0.15, -0.1) is 5.10 Å². The van der Waals surface area contributed by atoms with Gasteiger partial charge in [-0.2, -0.15) is 0 Å². The first kappa shape index (κ1) is 18.1. The molecule has 1 aromatic carbocycles. The van der Waals surface area contributed by atoms with E-state index in [-0.39, 0.29) is 11.8 Å². The van der Waals surface area contributed by atoms with Crippen LogP contribution in [0, 0.1) is 5.92 Å². The number of fused-ring (bicyclic) bond motifs is 1. The summed E-state index contributed by atoms with van der Waals surface area (Å²) in [7, 11) is 0.